The molecule has 0 unspecified atom stereocenters. The highest BCUT2D eigenvalue weighted by Gasteiger charge is 2.13. The van der Waals surface area contributed by atoms with Crippen LogP contribution in [0.3, 0.4) is 0 Å². The first-order valence-electron chi connectivity index (χ1n) is 5.72. The van der Waals surface area contributed by atoms with E-state index >= 15 is 0 Å². The zero-order valence-electron chi connectivity index (χ0n) is 10.3. The van der Waals surface area contributed by atoms with Crippen LogP contribution in [0.2, 0.25) is 0 Å². The Balaban J connectivity index is 2.05. The van der Waals surface area contributed by atoms with Gasteiger partial charge in [0, 0.05) is 42.9 Å². The summed E-state index contributed by atoms with van der Waals surface area (Å²) in [6, 6.07) is 4.84. The van der Waals surface area contributed by atoms with Crippen LogP contribution in [0.25, 0.3) is 0 Å². The van der Waals surface area contributed by atoms with Gasteiger partial charge < -0.3 is 9.88 Å². The SMILES string of the molecule is Cn1ccnc1CCNc1cc(Br)ccc1[N+](=O)[O-]. The fourth-order valence-corrected chi connectivity index (χ4v) is 2.12. The van der Waals surface area contributed by atoms with Crippen molar-refractivity contribution < 1.29 is 4.92 Å². The second kappa shape index (κ2) is 5.83. The van der Waals surface area contributed by atoms with Gasteiger partial charge in [-0.3, -0.25) is 10.1 Å². The molecule has 1 aromatic heterocycles. The Labute approximate surface area is 118 Å². The van der Waals surface area contributed by atoms with Crippen molar-refractivity contribution in [2.45, 2.75) is 6.42 Å². The van der Waals surface area contributed by atoms with Crippen LogP contribution in [0.5, 0.6) is 0 Å². The molecule has 2 rings (SSSR count). The maximum atomic E-state index is 10.9. The van der Waals surface area contributed by atoms with Crippen LogP contribution < -0.4 is 5.32 Å². The van der Waals surface area contributed by atoms with Crippen molar-refractivity contribution in [1.29, 1.82) is 0 Å². The first-order chi connectivity index (χ1) is 9.08. The van der Waals surface area contributed by atoms with E-state index in [1.807, 2.05) is 17.8 Å². The van der Waals surface area contributed by atoms with E-state index in [2.05, 4.69) is 26.2 Å². The number of nitro benzene ring substituents is 1. The van der Waals surface area contributed by atoms with Crippen molar-refractivity contribution in [2.24, 2.45) is 7.05 Å². The molecule has 0 aliphatic heterocycles. The lowest BCUT2D eigenvalue weighted by Crippen LogP contribution is -2.09. The minimum absolute atomic E-state index is 0.0723. The molecular formula is C12H13BrN4O2. The summed E-state index contributed by atoms with van der Waals surface area (Å²) in [5.74, 6) is 0.935. The summed E-state index contributed by atoms with van der Waals surface area (Å²) in [6.45, 7) is 0.585. The zero-order chi connectivity index (χ0) is 13.8. The highest BCUT2D eigenvalue weighted by molar-refractivity contribution is 9.10. The van der Waals surface area contributed by atoms with Gasteiger partial charge in [-0.15, -0.1) is 0 Å². The Morgan fingerprint density at radius 2 is 2.32 bits per heavy atom. The predicted octanol–water partition coefficient (Wildman–Crippen LogP) is 2.75. The van der Waals surface area contributed by atoms with Gasteiger partial charge in [0.25, 0.3) is 5.69 Å². The molecular weight excluding hydrogens is 312 g/mol. The van der Waals surface area contributed by atoms with Gasteiger partial charge in [0.1, 0.15) is 11.5 Å². The summed E-state index contributed by atoms with van der Waals surface area (Å²) >= 11 is 3.31. The highest BCUT2D eigenvalue weighted by atomic mass is 79.9. The zero-order valence-corrected chi connectivity index (χ0v) is 11.9. The van der Waals surface area contributed by atoms with E-state index < -0.39 is 4.92 Å². The molecule has 0 amide bonds. The summed E-state index contributed by atoms with van der Waals surface area (Å²) in [4.78, 5) is 14.7. The van der Waals surface area contributed by atoms with Crippen LogP contribution in [-0.2, 0) is 13.5 Å². The number of anilines is 1. The third-order valence-electron chi connectivity index (χ3n) is 2.74. The van der Waals surface area contributed by atoms with Crippen LogP contribution in [0.1, 0.15) is 5.82 Å². The molecule has 0 saturated heterocycles. The van der Waals surface area contributed by atoms with E-state index in [1.165, 1.54) is 6.07 Å². The molecule has 0 atom stereocenters. The van der Waals surface area contributed by atoms with Crippen molar-refractivity contribution in [3.63, 3.8) is 0 Å². The van der Waals surface area contributed by atoms with Gasteiger partial charge in [-0.1, -0.05) is 15.9 Å². The molecule has 19 heavy (non-hydrogen) atoms. The molecule has 0 aliphatic rings. The summed E-state index contributed by atoms with van der Waals surface area (Å²) in [7, 11) is 1.92. The van der Waals surface area contributed by atoms with E-state index in [4.69, 9.17) is 0 Å². The van der Waals surface area contributed by atoms with Gasteiger partial charge in [-0.2, -0.15) is 0 Å². The molecule has 0 radical (unpaired) electrons. The molecule has 2 aromatic rings. The first-order valence-corrected chi connectivity index (χ1v) is 6.51. The topological polar surface area (TPSA) is 73.0 Å². The smallest absolute Gasteiger partial charge is 0.292 e. The van der Waals surface area contributed by atoms with Crippen LogP contribution in [0, 0.1) is 10.1 Å². The molecule has 1 aromatic carbocycles. The molecule has 1 N–H and O–H groups in total. The second-order valence-electron chi connectivity index (χ2n) is 4.05. The number of nitro groups is 1. The van der Waals surface area contributed by atoms with Crippen molar-refractivity contribution >= 4 is 27.3 Å². The highest BCUT2D eigenvalue weighted by Crippen LogP contribution is 2.27. The lowest BCUT2D eigenvalue weighted by atomic mass is 10.2. The first kappa shape index (κ1) is 13.5. The summed E-state index contributed by atoms with van der Waals surface area (Å²) in [5, 5.41) is 14.0. The van der Waals surface area contributed by atoms with E-state index in [0.717, 1.165) is 10.3 Å². The number of benzene rings is 1. The van der Waals surface area contributed by atoms with Gasteiger partial charge in [-0.05, 0) is 12.1 Å². The Bertz CT molecular complexity index is 597. The molecule has 100 valence electrons. The number of nitrogens with one attached hydrogen (secondary N) is 1. The Morgan fingerprint density at radius 3 is 2.95 bits per heavy atom. The lowest BCUT2D eigenvalue weighted by Gasteiger charge is -2.07. The van der Waals surface area contributed by atoms with Crippen LogP contribution >= 0.6 is 15.9 Å². The lowest BCUT2D eigenvalue weighted by molar-refractivity contribution is -0.384. The third-order valence-corrected chi connectivity index (χ3v) is 3.23. The van der Waals surface area contributed by atoms with Crippen molar-refractivity contribution in [3.05, 3.63) is 51.0 Å². The largest absolute Gasteiger partial charge is 0.379 e. The number of nitrogens with zero attached hydrogens (tertiary/aromatic N) is 3. The standard InChI is InChI=1S/C12H13BrN4O2/c1-16-7-6-15-12(16)4-5-14-10-8-9(13)2-3-11(10)17(18)19/h2-3,6-8,14H,4-5H2,1H3. The summed E-state index contributed by atoms with van der Waals surface area (Å²) in [5.41, 5.74) is 0.580. The van der Waals surface area contributed by atoms with Crippen molar-refractivity contribution in [3.8, 4) is 0 Å². The fourth-order valence-electron chi connectivity index (χ4n) is 1.76. The van der Waals surface area contributed by atoms with Gasteiger partial charge in [0.2, 0.25) is 0 Å². The summed E-state index contributed by atoms with van der Waals surface area (Å²) < 4.78 is 2.73. The molecule has 0 spiro atoms. The normalized spacial score (nSPS) is 10.4. The quantitative estimate of drug-likeness (QED) is 0.678. The monoisotopic (exact) mass is 324 g/mol. The van der Waals surface area contributed by atoms with Gasteiger partial charge in [0.05, 0.1) is 4.92 Å². The average Bonchev–Trinajstić information content (AvgIpc) is 2.75. The van der Waals surface area contributed by atoms with E-state index in [1.54, 1.807) is 18.3 Å². The fraction of sp³-hybridized carbons (Fsp3) is 0.250. The number of imidazole rings is 1. The molecule has 7 heteroatoms. The van der Waals surface area contributed by atoms with Crippen LogP contribution in [0.15, 0.2) is 35.1 Å². The number of rotatable bonds is 5. The molecule has 0 saturated carbocycles. The van der Waals surface area contributed by atoms with E-state index in [-0.39, 0.29) is 5.69 Å². The number of hydrogen-bond donors (Lipinski definition) is 1. The number of aromatic nitrogens is 2. The molecule has 0 bridgehead atoms. The molecule has 6 nitrogen and oxygen atoms in total. The molecule has 1 heterocycles. The maximum Gasteiger partial charge on any atom is 0.292 e. The minimum Gasteiger partial charge on any atom is -0.379 e. The van der Waals surface area contributed by atoms with E-state index in [0.29, 0.717) is 18.7 Å². The van der Waals surface area contributed by atoms with Gasteiger partial charge >= 0.3 is 0 Å². The van der Waals surface area contributed by atoms with Crippen molar-refractivity contribution in [1.82, 2.24) is 9.55 Å². The second-order valence-corrected chi connectivity index (χ2v) is 4.97. The van der Waals surface area contributed by atoms with Gasteiger partial charge in [-0.25, -0.2) is 4.98 Å². The average molecular weight is 325 g/mol. The Morgan fingerprint density at radius 1 is 1.53 bits per heavy atom. The van der Waals surface area contributed by atoms with Crippen molar-refractivity contribution in [2.75, 3.05) is 11.9 Å². The van der Waals surface area contributed by atoms with Crippen LogP contribution in [0.4, 0.5) is 11.4 Å². The Hall–Kier alpha value is -1.89. The minimum atomic E-state index is -0.393. The number of aryl methyl sites for hydroxylation is 1. The molecule has 0 aliphatic carbocycles. The number of hydrogen-bond acceptors (Lipinski definition) is 4. The maximum absolute atomic E-state index is 10.9. The predicted molar refractivity (Wildman–Crippen MR) is 76.2 cm³/mol. The molecule has 0 fully saturated rings. The number of halogens is 1. The Kier molecular flexibility index (Phi) is 4.16. The van der Waals surface area contributed by atoms with Crippen LogP contribution in [-0.4, -0.2) is 21.0 Å². The van der Waals surface area contributed by atoms with E-state index in [9.17, 15) is 10.1 Å². The van der Waals surface area contributed by atoms with Gasteiger partial charge in [0.15, 0.2) is 0 Å². The summed E-state index contributed by atoms with van der Waals surface area (Å²) in [6.07, 6.45) is 4.31. The third kappa shape index (κ3) is 3.31.